The molecule has 1 aliphatic heterocycles. The average Bonchev–Trinajstić information content (AvgIpc) is 3.51. The second kappa shape index (κ2) is 11.8. The molecule has 13 heteroatoms. The molecule has 2 aromatic carbocycles. The molecule has 2 heterocycles. The van der Waals surface area contributed by atoms with Gasteiger partial charge in [-0.15, -0.1) is 0 Å². The van der Waals surface area contributed by atoms with Crippen LogP contribution in [-0.2, 0) is 35.9 Å². The fourth-order valence-corrected chi connectivity index (χ4v) is 7.18. The lowest BCUT2D eigenvalue weighted by atomic mass is 10.2. The van der Waals surface area contributed by atoms with E-state index in [1.807, 2.05) is 11.5 Å². The smallest absolute Gasteiger partial charge is 0.279 e. The Labute approximate surface area is 226 Å². The van der Waals surface area contributed by atoms with E-state index in [2.05, 4.69) is 4.99 Å². The molecule has 1 amide bonds. The van der Waals surface area contributed by atoms with Crippen LogP contribution in [0.4, 0.5) is 0 Å². The van der Waals surface area contributed by atoms with Gasteiger partial charge in [-0.3, -0.25) is 4.79 Å². The first-order valence-electron chi connectivity index (χ1n) is 12.2. The van der Waals surface area contributed by atoms with E-state index in [9.17, 15) is 21.6 Å². The number of sulfonamides is 1. The van der Waals surface area contributed by atoms with Crippen LogP contribution >= 0.6 is 11.3 Å². The number of carbonyl (C=O) groups is 1. The number of sulfone groups is 1. The summed E-state index contributed by atoms with van der Waals surface area (Å²) in [5.41, 5.74) is 0.973. The Balaban J connectivity index is 1.62. The summed E-state index contributed by atoms with van der Waals surface area (Å²) >= 11 is 1.20. The third-order valence-electron chi connectivity index (χ3n) is 6.24. The van der Waals surface area contributed by atoms with Crippen LogP contribution in [0.5, 0.6) is 0 Å². The van der Waals surface area contributed by atoms with Crippen molar-refractivity contribution in [1.82, 2.24) is 8.87 Å². The van der Waals surface area contributed by atoms with E-state index < -0.39 is 25.8 Å². The van der Waals surface area contributed by atoms with Gasteiger partial charge >= 0.3 is 0 Å². The van der Waals surface area contributed by atoms with Crippen LogP contribution in [0.25, 0.3) is 10.2 Å². The first-order valence-corrected chi connectivity index (χ1v) is 16.3. The molecule has 0 aliphatic carbocycles. The second-order valence-corrected chi connectivity index (χ2v) is 14.1. The maximum absolute atomic E-state index is 13.0. The highest BCUT2D eigenvalue weighted by Crippen LogP contribution is 2.23. The molecule has 0 bridgehead atoms. The normalized spacial score (nSPS) is 17.1. The number of carbonyl (C=O) groups excluding carboxylic acids is 1. The van der Waals surface area contributed by atoms with Crippen LogP contribution in [0.2, 0.25) is 0 Å². The molecule has 1 fully saturated rings. The van der Waals surface area contributed by atoms with E-state index in [0.717, 1.165) is 24.6 Å². The third-order valence-corrected chi connectivity index (χ3v) is 10.2. The topological polar surface area (TPSA) is 124 Å². The number of benzene rings is 2. The number of rotatable bonds is 10. The van der Waals surface area contributed by atoms with E-state index >= 15 is 0 Å². The van der Waals surface area contributed by atoms with Gasteiger partial charge in [-0.25, -0.2) is 16.8 Å². The van der Waals surface area contributed by atoms with Gasteiger partial charge in [-0.1, -0.05) is 11.3 Å². The van der Waals surface area contributed by atoms with Gasteiger partial charge < -0.3 is 14.0 Å². The van der Waals surface area contributed by atoms with Crippen molar-refractivity contribution in [3.63, 3.8) is 0 Å². The predicted octanol–water partition coefficient (Wildman–Crippen LogP) is 2.68. The van der Waals surface area contributed by atoms with Gasteiger partial charge in [0.1, 0.15) is 0 Å². The fraction of sp³-hybridized carbons (Fsp3) is 0.440. The predicted molar refractivity (Wildman–Crippen MR) is 145 cm³/mol. The summed E-state index contributed by atoms with van der Waals surface area (Å²) in [4.78, 5) is 18.0. The monoisotopic (exact) mass is 581 g/mol. The Hall–Kier alpha value is -2.42. The van der Waals surface area contributed by atoms with Crippen LogP contribution in [0.3, 0.4) is 0 Å². The molecular formula is C25H31N3O7S3. The zero-order chi connectivity index (χ0) is 27.5. The number of hydrogen-bond donors (Lipinski definition) is 0. The van der Waals surface area contributed by atoms with Gasteiger partial charge in [0.25, 0.3) is 5.91 Å². The first-order chi connectivity index (χ1) is 18.0. The summed E-state index contributed by atoms with van der Waals surface area (Å²) in [5.74, 6) is -0.540. The molecule has 0 spiro atoms. The van der Waals surface area contributed by atoms with Crippen LogP contribution in [0, 0.1) is 0 Å². The molecule has 4 rings (SSSR count). The average molecular weight is 582 g/mol. The molecule has 1 atom stereocenters. The molecule has 206 valence electrons. The largest absolute Gasteiger partial charge is 0.380 e. The van der Waals surface area contributed by atoms with Crippen molar-refractivity contribution in [2.75, 3.05) is 39.7 Å². The molecule has 1 saturated heterocycles. The van der Waals surface area contributed by atoms with Crippen molar-refractivity contribution in [3.05, 3.63) is 52.8 Å². The molecular weight excluding hydrogens is 550 g/mol. The quantitative estimate of drug-likeness (QED) is 0.337. The standard InChI is InChI=1S/C25H31N3O7S3/c1-4-34-15-13-28-22-12-11-21(37(3,30)31)16-23(22)36-25(28)26-24(29)18-7-9-20(10-8-18)38(32,33)27(2)17-19-6-5-14-35-19/h7-12,16,19H,4-6,13-15,17H2,1-3H3. The molecule has 10 nitrogen and oxygen atoms in total. The molecule has 1 aromatic heterocycles. The fourth-order valence-electron chi connectivity index (χ4n) is 4.16. The van der Waals surface area contributed by atoms with E-state index in [-0.39, 0.29) is 28.0 Å². The summed E-state index contributed by atoms with van der Waals surface area (Å²) in [5, 5.41) is 0. The lowest BCUT2D eigenvalue weighted by molar-refractivity contribution is 0.0979. The summed E-state index contributed by atoms with van der Waals surface area (Å²) in [6.45, 7) is 4.14. The number of amides is 1. The minimum absolute atomic E-state index is 0.0801. The van der Waals surface area contributed by atoms with Crippen LogP contribution in [-0.4, -0.2) is 77.4 Å². The first kappa shape index (κ1) is 28.6. The summed E-state index contributed by atoms with van der Waals surface area (Å²) in [6.07, 6.45) is 2.78. The van der Waals surface area contributed by atoms with Gasteiger partial charge in [0.15, 0.2) is 14.6 Å². The van der Waals surface area contributed by atoms with E-state index in [1.165, 1.54) is 53.0 Å². The number of aromatic nitrogens is 1. The Morgan fingerprint density at radius 1 is 1.16 bits per heavy atom. The lowest BCUT2D eigenvalue weighted by Gasteiger charge is -2.20. The van der Waals surface area contributed by atoms with Crippen LogP contribution in [0.15, 0.2) is 57.2 Å². The zero-order valence-electron chi connectivity index (χ0n) is 21.5. The summed E-state index contributed by atoms with van der Waals surface area (Å²) in [7, 11) is -5.62. The van der Waals surface area contributed by atoms with Crippen LogP contribution < -0.4 is 4.80 Å². The van der Waals surface area contributed by atoms with Gasteiger partial charge in [0.2, 0.25) is 10.0 Å². The Morgan fingerprint density at radius 3 is 2.50 bits per heavy atom. The molecule has 1 aliphatic rings. The van der Waals surface area contributed by atoms with Gasteiger partial charge in [0, 0.05) is 45.2 Å². The Bertz CT molecular complexity index is 1590. The van der Waals surface area contributed by atoms with Crippen molar-refractivity contribution < 1.29 is 31.1 Å². The number of nitrogens with zero attached hydrogens (tertiary/aromatic N) is 3. The highest BCUT2D eigenvalue weighted by Gasteiger charge is 2.26. The SMILES string of the molecule is CCOCCn1c(=NC(=O)c2ccc(S(=O)(=O)N(C)CC3CCCO3)cc2)sc2cc(S(C)(=O)=O)ccc21. The van der Waals surface area contributed by atoms with E-state index in [1.54, 1.807) is 12.1 Å². The second-order valence-electron chi connectivity index (χ2n) is 9.00. The summed E-state index contributed by atoms with van der Waals surface area (Å²) in [6, 6.07) is 10.5. The maximum Gasteiger partial charge on any atom is 0.279 e. The van der Waals surface area contributed by atoms with Crippen molar-refractivity contribution in [1.29, 1.82) is 0 Å². The number of fused-ring (bicyclic) bond motifs is 1. The highest BCUT2D eigenvalue weighted by atomic mass is 32.2. The molecule has 38 heavy (non-hydrogen) atoms. The molecule has 0 N–H and O–H groups in total. The van der Waals surface area contributed by atoms with Crippen molar-refractivity contribution in [2.45, 2.75) is 42.2 Å². The number of hydrogen-bond acceptors (Lipinski definition) is 8. The lowest BCUT2D eigenvalue weighted by Crippen LogP contribution is -2.34. The van der Waals surface area contributed by atoms with Crippen molar-refractivity contribution in [2.24, 2.45) is 4.99 Å². The highest BCUT2D eigenvalue weighted by molar-refractivity contribution is 7.90. The molecule has 0 radical (unpaired) electrons. The number of likely N-dealkylation sites (N-methyl/N-ethyl adjacent to an activating group) is 1. The number of thiazole rings is 1. The van der Waals surface area contributed by atoms with Crippen molar-refractivity contribution >= 4 is 47.3 Å². The van der Waals surface area contributed by atoms with Crippen LogP contribution in [0.1, 0.15) is 30.1 Å². The molecule has 1 unspecified atom stereocenters. The molecule has 0 saturated carbocycles. The molecule has 3 aromatic rings. The third kappa shape index (κ3) is 6.41. The Morgan fingerprint density at radius 2 is 1.87 bits per heavy atom. The van der Waals surface area contributed by atoms with Gasteiger partial charge in [-0.05, 0) is 62.2 Å². The van der Waals surface area contributed by atoms with E-state index in [4.69, 9.17) is 9.47 Å². The van der Waals surface area contributed by atoms with E-state index in [0.29, 0.717) is 35.9 Å². The maximum atomic E-state index is 13.0. The zero-order valence-corrected chi connectivity index (χ0v) is 23.9. The van der Waals surface area contributed by atoms with Gasteiger partial charge in [-0.2, -0.15) is 9.30 Å². The van der Waals surface area contributed by atoms with Crippen molar-refractivity contribution in [3.8, 4) is 0 Å². The minimum Gasteiger partial charge on any atom is -0.380 e. The Kier molecular flexibility index (Phi) is 8.85. The summed E-state index contributed by atoms with van der Waals surface area (Å²) < 4.78 is 64.7. The minimum atomic E-state index is -3.73. The van der Waals surface area contributed by atoms with Gasteiger partial charge in [0.05, 0.1) is 32.7 Å². The number of ether oxygens (including phenoxy) is 2.